The molecule has 2 aliphatic heterocycles. The number of nitrogens with one attached hydrogen (secondary N) is 2. The molecule has 0 saturated carbocycles. The van der Waals surface area contributed by atoms with Crippen molar-refractivity contribution in [2.45, 2.75) is 50.7 Å². The van der Waals surface area contributed by atoms with Gasteiger partial charge in [-0.25, -0.2) is 0 Å². The van der Waals surface area contributed by atoms with Gasteiger partial charge in [-0.3, -0.25) is 29.4 Å². The molecule has 3 atom stereocenters. The van der Waals surface area contributed by atoms with Crippen LogP contribution < -0.4 is 16.4 Å². The van der Waals surface area contributed by atoms with Crippen LogP contribution in [0.3, 0.4) is 0 Å². The van der Waals surface area contributed by atoms with Gasteiger partial charge in [0.05, 0.1) is 11.1 Å². The molecule has 3 unspecified atom stereocenters. The van der Waals surface area contributed by atoms with Crippen molar-refractivity contribution in [1.82, 2.24) is 10.2 Å². The summed E-state index contributed by atoms with van der Waals surface area (Å²) in [4.78, 5) is 50.4. The van der Waals surface area contributed by atoms with E-state index >= 15 is 0 Å². The number of hydrogen-bond acceptors (Lipinski definition) is 6. The Morgan fingerprint density at radius 3 is 2.47 bits per heavy atom. The highest BCUT2D eigenvalue weighted by molar-refractivity contribution is 6.23. The Labute approximate surface area is 186 Å². The second-order valence-electron chi connectivity index (χ2n) is 8.34. The first-order valence-electron chi connectivity index (χ1n) is 10.8. The zero-order chi connectivity index (χ0) is 22.8. The highest BCUT2D eigenvalue weighted by Crippen LogP contribution is 2.30. The van der Waals surface area contributed by atoms with E-state index in [0.29, 0.717) is 5.69 Å². The predicted molar refractivity (Wildman–Crippen MR) is 119 cm³/mol. The van der Waals surface area contributed by atoms with Crippen LogP contribution in [0, 0.1) is 0 Å². The third kappa shape index (κ3) is 4.27. The molecule has 2 aliphatic rings. The predicted octanol–water partition coefficient (Wildman–Crippen LogP) is 1.85. The number of amides is 4. The molecule has 2 heterocycles. The molecular weight excluding hydrogens is 408 g/mol. The maximum atomic E-state index is 13.0. The summed E-state index contributed by atoms with van der Waals surface area (Å²) in [5.41, 5.74) is 8.60. The van der Waals surface area contributed by atoms with Crippen LogP contribution >= 0.6 is 0 Å². The Morgan fingerprint density at radius 2 is 1.78 bits per heavy atom. The summed E-state index contributed by atoms with van der Waals surface area (Å²) in [6, 6.07) is 14.0. The normalized spacial score (nSPS) is 20.1. The molecule has 2 aromatic rings. The summed E-state index contributed by atoms with van der Waals surface area (Å²) in [6.45, 7) is 1.93. The standard InChI is InChI=1S/C24H26N4O4/c1-14(25)19(10-7-15-5-3-2-4-6-15)26-16-8-9-17-18(13-16)24(32)28(23(17)31)20-11-12-21(29)27-22(20)30/h2-6,8-9,13-14,19-20,26H,7,10-12,25H2,1H3,(H,27,29,30). The van der Waals surface area contributed by atoms with Crippen molar-refractivity contribution in [3.8, 4) is 0 Å². The van der Waals surface area contributed by atoms with E-state index in [1.54, 1.807) is 18.2 Å². The molecule has 0 aromatic heterocycles. The number of fused-ring (bicyclic) bond motifs is 1. The molecule has 8 heteroatoms. The van der Waals surface area contributed by atoms with Crippen LogP contribution in [0.4, 0.5) is 5.69 Å². The maximum Gasteiger partial charge on any atom is 0.262 e. The molecular formula is C24H26N4O4. The number of carbonyl (C=O) groups is 4. The lowest BCUT2D eigenvalue weighted by Crippen LogP contribution is -2.54. The first-order valence-corrected chi connectivity index (χ1v) is 10.8. The Morgan fingerprint density at radius 1 is 1.06 bits per heavy atom. The highest BCUT2D eigenvalue weighted by Gasteiger charge is 2.44. The number of nitrogens with zero attached hydrogens (tertiary/aromatic N) is 1. The third-order valence-corrected chi connectivity index (χ3v) is 6.01. The second-order valence-corrected chi connectivity index (χ2v) is 8.34. The summed E-state index contributed by atoms with van der Waals surface area (Å²) in [5.74, 6) is -2.05. The molecule has 0 aliphatic carbocycles. The van der Waals surface area contributed by atoms with Gasteiger partial charge in [-0.2, -0.15) is 0 Å². The molecule has 0 bridgehead atoms. The average Bonchev–Trinajstić information content (AvgIpc) is 3.01. The van der Waals surface area contributed by atoms with Gasteiger partial charge in [0.2, 0.25) is 11.8 Å². The van der Waals surface area contributed by atoms with Crippen LogP contribution in [0.2, 0.25) is 0 Å². The van der Waals surface area contributed by atoms with E-state index in [-0.39, 0.29) is 36.1 Å². The molecule has 166 valence electrons. The van der Waals surface area contributed by atoms with E-state index in [2.05, 4.69) is 22.8 Å². The van der Waals surface area contributed by atoms with Crippen LogP contribution in [-0.4, -0.2) is 46.7 Å². The molecule has 1 saturated heterocycles. The summed E-state index contributed by atoms with van der Waals surface area (Å²) >= 11 is 0. The molecule has 32 heavy (non-hydrogen) atoms. The Balaban J connectivity index is 1.50. The number of carbonyl (C=O) groups excluding carboxylic acids is 4. The number of anilines is 1. The van der Waals surface area contributed by atoms with Crippen molar-refractivity contribution in [3.63, 3.8) is 0 Å². The van der Waals surface area contributed by atoms with Crippen molar-refractivity contribution >= 4 is 29.3 Å². The monoisotopic (exact) mass is 434 g/mol. The molecule has 2 aromatic carbocycles. The summed E-state index contributed by atoms with van der Waals surface area (Å²) in [6.07, 6.45) is 1.88. The lowest BCUT2D eigenvalue weighted by molar-refractivity contribution is -0.136. The van der Waals surface area contributed by atoms with Gasteiger partial charge in [0.25, 0.3) is 11.8 Å². The van der Waals surface area contributed by atoms with Crippen molar-refractivity contribution in [1.29, 1.82) is 0 Å². The number of piperidine rings is 1. The average molecular weight is 434 g/mol. The fraction of sp³-hybridized carbons (Fsp3) is 0.333. The number of hydrogen-bond donors (Lipinski definition) is 3. The van der Waals surface area contributed by atoms with Gasteiger partial charge in [0.15, 0.2) is 0 Å². The van der Waals surface area contributed by atoms with Gasteiger partial charge in [0, 0.05) is 24.2 Å². The van der Waals surface area contributed by atoms with Gasteiger partial charge in [0.1, 0.15) is 6.04 Å². The van der Waals surface area contributed by atoms with Crippen molar-refractivity contribution in [2.24, 2.45) is 5.73 Å². The summed E-state index contributed by atoms with van der Waals surface area (Å²) in [5, 5.41) is 5.59. The van der Waals surface area contributed by atoms with E-state index in [9.17, 15) is 19.2 Å². The van der Waals surface area contributed by atoms with Gasteiger partial charge in [-0.15, -0.1) is 0 Å². The molecule has 8 nitrogen and oxygen atoms in total. The molecule has 0 spiro atoms. The van der Waals surface area contributed by atoms with Crippen LogP contribution in [0.1, 0.15) is 52.5 Å². The minimum atomic E-state index is -0.973. The number of imide groups is 2. The van der Waals surface area contributed by atoms with Crippen molar-refractivity contribution in [3.05, 3.63) is 65.2 Å². The topological polar surface area (TPSA) is 122 Å². The summed E-state index contributed by atoms with van der Waals surface area (Å²) < 4.78 is 0. The Bertz CT molecular complexity index is 1070. The third-order valence-electron chi connectivity index (χ3n) is 6.01. The zero-order valence-electron chi connectivity index (χ0n) is 17.8. The molecule has 1 fully saturated rings. The van der Waals surface area contributed by atoms with Crippen LogP contribution in [0.15, 0.2) is 48.5 Å². The zero-order valence-corrected chi connectivity index (χ0v) is 17.8. The smallest absolute Gasteiger partial charge is 0.262 e. The van der Waals surface area contributed by atoms with E-state index in [1.807, 2.05) is 25.1 Å². The number of nitrogens with two attached hydrogens (primary N) is 1. The number of aryl methyl sites for hydroxylation is 1. The van der Waals surface area contributed by atoms with Gasteiger partial charge >= 0.3 is 0 Å². The highest BCUT2D eigenvalue weighted by atomic mass is 16.2. The minimum Gasteiger partial charge on any atom is -0.381 e. The van der Waals surface area contributed by atoms with Crippen LogP contribution in [-0.2, 0) is 16.0 Å². The lowest BCUT2D eigenvalue weighted by Gasteiger charge is -2.27. The molecule has 0 radical (unpaired) electrons. The van der Waals surface area contributed by atoms with Crippen LogP contribution in [0.25, 0.3) is 0 Å². The van der Waals surface area contributed by atoms with E-state index in [0.717, 1.165) is 17.7 Å². The molecule has 4 N–H and O–H groups in total. The number of rotatable bonds is 7. The minimum absolute atomic E-state index is 0.0355. The van der Waals surface area contributed by atoms with Crippen molar-refractivity contribution < 1.29 is 19.2 Å². The molecule has 4 amide bonds. The van der Waals surface area contributed by atoms with E-state index in [4.69, 9.17) is 5.73 Å². The first-order chi connectivity index (χ1) is 15.3. The van der Waals surface area contributed by atoms with E-state index in [1.165, 1.54) is 5.56 Å². The number of benzene rings is 2. The molecule has 4 rings (SSSR count). The fourth-order valence-corrected chi connectivity index (χ4v) is 4.21. The Hall–Kier alpha value is -3.52. The van der Waals surface area contributed by atoms with Crippen molar-refractivity contribution in [2.75, 3.05) is 5.32 Å². The van der Waals surface area contributed by atoms with Crippen LogP contribution in [0.5, 0.6) is 0 Å². The summed E-state index contributed by atoms with van der Waals surface area (Å²) in [7, 11) is 0. The van der Waals surface area contributed by atoms with Gasteiger partial charge in [-0.05, 0) is 49.9 Å². The quantitative estimate of drug-likeness (QED) is 0.572. The van der Waals surface area contributed by atoms with Gasteiger partial charge < -0.3 is 11.1 Å². The largest absolute Gasteiger partial charge is 0.381 e. The van der Waals surface area contributed by atoms with E-state index < -0.39 is 29.7 Å². The Kier molecular flexibility index (Phi) is 6.05. The first kappa shape index (κ1) is 21.7. The SMILES string of the molecule is CC(N)C(CCc1ccccc1)Nc1ccc2c(c1)C(=O)N(C1CCC(=O)NC1=O)C2=O. The van der Waals surface area contributed by atoms with Gasteiger partial charge in [-0.1, -0.05) is 30.3 Å². The maximum absolute atomic E-state index is 13.0. The lowest BCUT2D eigenvalue weighted by atomic mass is 10.00. The second kappa shape index (κ2) is 8.92. The fourth-order valence-electron chi connectivity index (χ4n) is 4.21.